The molecule has 6 heteroatoms. The summed E-state index contributed by atoms with van der Waals surface area (Å²) in [6.45, 7) is 9.37. The van der Waals surface area contributed by atoms with Crippen LogP contribution in [-0.2, 0) is 10.2 Å². The lowest BCUT2D eigenvalue weighted by molar-refractivity contribution is -0.0979. The van der Waals surface area contributed by atoms with E-state index in [9.17, 15) is 10.2 Å². The Kier molecular flexibility index (Phi) is 11.7. The molecule has 0 heterocycles. The van der Waals surface area contributed by atoms with Crippen LogP contribution in [0.2, 0.25) is 0 Å². The van der Waals surface area contributed by atoms with Crippen molar-refractivity contribution in [1.29, 1.82) is 0 Å². The first-order valence-electron chi connectivity index (χ1n) is 8.40. The Balaban J connectivity index is 0.000000589. The fraction of sp³-hybridized carbons (Fsp3) is 0.350. The van der Waals surface area contributed by atoms with E-state index in [2.05, 4.69) is 19.2 Å². The first-order valence-corrected chi connectivity index (χ1v) is 8.40. The van der Waals surface area contributed by atoms with Gasteiger partial charge in [0.1, 0.15) is 18.3 Å². The van der Waals surface area contributed by atoms with Crippen molar-refractivity contribution in [1.82, 2.24) is 5.32 Å². The van der Waals surface area contributed by atoms with Gasteiger partial charge in [-0.25, -0.2) is 0 Å². The molecular weight excluding hydrogens is 330 g/mol. The van der Waals surface area contributed by atoms with Gasteiger partial charge in [-0.1, -0.05) is 38.1 Å². The smallest absolute Gasteiger partial charge is 0.115 e. The largest absolute Gasteiger partial charge is 0.508 e. The Morgan fingerprint density at radius 2 is 1.12 bits per heavy atom. The van der Waals surface area contributed by atoms with Crippen molar-refractivity contribution in [2.75, 3.05) is 26.2 Å². The van der Waals surface area contributed by atoms with Crippen LogP contribution >= 0.6 is 0 Å². The minimum absolute atomic E-state index is 0.151. The monoisotopic (exact) mass is 361 g/mol. The molecule has 0 saturated heterocycles. The summed E-state index contributed by atoms with van der Waals surface area (Å²) < 4.78 is 0. The normalized spacial score (nSPS) is 10.2. The van der Waals surface area contributed by atoms with E-state index in [0.717, 1.165) is 24.2 Å². The third kappa shape index (κ3) is 8.11. The average Bonchev–Trinajstić information content (AvgIpc) is 2.65. The molecule has 0 aromatic heterocycles. The molecular formula is C20H31N3O3. The van der Waals surface area contributed by atoms with Gasteiger partial charge in [-0.05, 0) is 35.4 Å². The van der Waals surface area contributed by atoms with Gasteiger partial charge in [0.2, 0.25) is 0 Å². The number of carbonyl (C=O) groups is 1. The highest BCUT2D eigenvalue weighted by atomic mass is 16.3. The average molecular weight is 361 g/mol. The second-order valence-corrected chi connectivity index (χ2v) is 6.05. The van der Waals surface area contributed by atoms with E-state index >= 15 is 0 Å². The maximum atomic E-state index is 9.30. The SMILES string of the molecule is C=O.CC(C)(c1ccc(O)cc1)c1ccc(O)cc1.NCCNCCN. The molecule has 2 aromatic rings. The number of benzene rings is 2. The predicted octanol–water partition coefficient (Wildman–Crippen LogP) is 1.73. The molecule has 0 spiro atoms. The summed E-state index contributed by atoms with van der Waals surface area (Å²) in [5.41, 5.74) is 12.4. The third-order valence-electron chi connectivity index (χ3n) is 3.82. The zero-order chi connectivity index (χ0) is 20.0. The van der Waals surface area contributed by atoms with Crippen molar-refractivity contribution < 1.29 is 15.0 Å². The molecule has 0 bridgehead atoms. The molecule has 2 rings (SSSR count). The van der Waals surface area contributed by atoms with Gasteiger partial charge in [-0.3, -0.25) is 0 Å². The quantitative estimate of drug-likeness (QED) is 0.500. The first-order chi connectivity index (χ1) is 12.4. The van der Waals surface area contributed by atoms with Gasteiger partial charge < -0.3 is 31.8 Å². The fourth-order valence-electron chi connectivity index (χ4n) is 2.25. The molecule has 0 aliphatic carbocycles. The van der Waals surface area contributed by atoms with E-state index < -0.39 is 0 Å². The molecule has 0 fully saturated rings. The van der Waals surface area contributed by atoms with Crippen LogP contribution in [0.4, 0.5) is 0 Å². The van der Waals surface area contributed by atoms with Gasteiger partial charge in [-0.15, -0.1) is 0 Å². The van der Waals surface area contributed by atoms with Crippen molar-refractivity contribution in [2.45, 2.75) is 19.3 Å². The predicted molar refractivity (Wildman–Crippen MR) is 106 cm³/mol. The van der Waals surface area contributed by atoms with E-state index in [1.807, 2.05) is 31.1 Å². The second kappa shape index (κ2) is 12.9. The van der Waals surface area contributed by atoms with Crippen LogP contribution in [-0.4, -0.2) is 43.2 Å². The lowest BCUT2D eigenvalue weighted by Gasteiger charge is -2.26. The molecule has 0 aliphatic rings. The van der Waals surface area contributed by atoms with E-state index in [0.29, 0.717) is 13.1 Å². The number of hydrogen-bond donors (Lipinski definition) is 5. The van der Waals surface area contributed by atoms with Crippen LogP contribution in [0.1, 0.15) is 25.0 Å². The van der Waals surface area contributed by atoms with Gasteiger partial charge in [0.05, 0.1) is 0 Å². The summed E-state index contributed by atoms with van der Waals surface area (Å²) in [5, 5.41) is 21.6. The molecule has 0 saturated carbocycles. The van der Waals surface area contributed by atoms with Crippen molar-refractivity contribution >= 4 is 6.79 Å². The number of hydrogen-bond acceptors (Lipinski definition) is 6. The highest BCUT2D eigenvalue weighted by molar-refractivity contribution is 5.41. The molecule has 6 nitrogen and oxygen atoms in total. The topological polar surface area (TPSA) is 122 Å². The number of phenolic OH excluding ortho intramolecular Hbond substituents is 2. The summed E-state index contributed by atoms with van der Waals surface area (Å²) >= 11 is 0. The number of nitrogens with two attached hydrogens (primary N) is 2. The lowest BCUT2D eigenvalue weighted by Crippen LogP contribution is -2.27. The lowest BCUT2D eigenvalue weighted by atomic mass is 9.78. The number of rotatable bonds is 6. The van der Waals surface area contributed by atoms with E-state index in [1.165, 1.54) is 0 Å². The second-order valence-electron chi connectivity index (χ2n) is 6.05. The molecule has 0 amide bonds. The molecule has 0 aliphatic heterocycles. The van der Waals surface area contributed by atoms with Gasteiger partial charge in [0, 0.05) is 31.6 Å². The third-order valence-corrected chi connectivity index (χ3v) is 3.82. The maximum Gasteiger partial charge on any atom is 0.115 e. The van der Waals surface area contributed by atoms with Crippen molar-refractivity contribution in [3.63, 3.8) is 0 Å². The Hall–Kier alpha value is -2.41. The standard InChI is InChI=1S/C15H16O2.C4H13N3.CH2O/c1-15(2,11-3-7-13(16)8-4-11)12-5-9-14(17)10-6-12;5-1-3-7-4-2-6;1-2/h3-10,16-17H,1-2H3;7H,1-6H2;1H2. The van der Waals surface area contributed by atoms with Gasteiger partial charge in [-0.2, -0.15) is 0 Å². The Bertz CT molecular complexity index is 547. The number of phenols is 2. The minimum Gasteiger partial charge on any atom is -0.508 e. The van der Waals surface area contributed by atoms with Gasteiger partial charge in [0.25, 0.3) is 0 Å². The number of aromatic hydroxyl groups is 2. The highest BCUT2D eigenvalue weighted by Crippen LogP contribution is 2.32. The Morgan fingerprint density at radius 1 is 0.808 bits per heavy atom. The summed E-state index contributed by atoms with van der Waals surface area (Å²) in [6, 6.07) is 14.4. The van der Waals surface area contributed by atoms with Crippen LogP contribution in [0.15, 0.2) is 48.5 Å². The summed E-state index contributed by atoms with van der Waals surface area (Å²) in [4.78, 5) is 8.00. The summed E-state index contributed by atoms with van der Waals surface area (Å²) in [5.74, 6) is 0.547. The number of carbonyl (C=O) groups excluding carboxylic acids is 1. The van der Waals surface area contributed by atoms with E-state index in [-0.39, 0.29) is 16.9 Å². The maximum absolute atomic E-state index is 9.30. The summed E-state index contributed by atoms with van der Waals surface area (Å²) in [6.07, 6.45) is 0. The molecule has 7 N–H and O–H groups in total. The zero-order valence-corrected chi connectivity index (χ0v) is 15.6. The first kappa shape index (κ1) is 23.6. The Morgan fingerprint density at radius 3 is 1.38 bits per heavy atom. The zero-order valence-electron chi connectivity index (χ0n) is 15.6. The summed E-state index contributed by atoms with van der Waals surface area (Å²) in [7, 11) is 0. The van der Waals surface area contributed by atoms with Crippen molar-refractivity contribution in [3.8, 4) is 11.5 Å². The van der Waals surface area contributed by atoms with Gasteiger partial charge in [0.15, 0.2) is 0 Å². The minimum atomic E-state index is -0.151. The van der Waals surface area contributed by atoms with Crippen LogP contribution in [0.25, 0.3) is 0 Å². The molecule has 2 aromatic carbocycles. The highest BCUT2D eigenvalue weighted by Gasteiger charge is 2.22. The van der Waals surface area contributed by atoms with Crippen molar-refractivity contribution in [3.05, 3.63) is 59.7 Å². The van der Waals surface area contributed by atoms with E-state index in [4.69, 9.17) is 16.3 Å². The molecule has 144 valence electrons. The fourth-order valence-corrected chi connectivity index (χ4v) is 2.25. The molecule has 26 heavy (non-hydrogen) atoms. The van der Waals surface area contributed by atoms with E-state index in [1.54, 1.807) is 24.3 Å². The number of nitrogens with one attached hydrogen (secondary N) is 1. The Labute approximate surface area is 155 Å². The van der Waals surface area contributed by atoms with Crippen LogP contribution in [0.5, 0.6) is 11.5 Å². The van der Waals surface area contributed by atoms with Gasteiger partial charge >= 0.3 is 0 Å². The van der Waals surface area contributed by atoms with Crippen LogP contribution < -0.4 is 16.8 Å². The van der Waals surface area contributed by atoms with Crippen LogP contribution in [0, 0.1) is 0 Å². The van der Waals surface area contributed by atoms with Crippen LogP contribution in [0.3, 0.4) is 0 Å². The molecule has 0 unspecified atom stereocenters. The van der Waals surface area contributed by atoms with Crippen molar-refractivity contribution in [2.24, 2.45) is 11.5 Å². The molecule has 0 radical (unpaired) electrons. The molecule has 0 atom stereocenters.